The zero-order valence-electron chi connectivity index (χ0n) is 20.0. The number of hydrogen-bond acceptors (Lipinski definition) is 3. The Morgan fingerprint density at radius 1 is 0.968 bits per heavy atom. The lowest BCUT2D eigenvalue weighted by molar-refractivity contribution is -0.159. The Balaban J connectivity index is 1.27. The minimum Gasteiger partial charge on any atom is -0.462 e. The van der Waals surface area contributed by atoms with Gasteiger partial charge in [0.05, 0.1) is 0 Å². The first-order chi connectivity index (χ1) is 15.0. The Labute approximate surface area is 189 Å². The molecule has 3 fully saturated rings. The van der Waals surface area contributed by atoms with Crippen molar-refractivity contribution in [1.82, 2.24) is 0 Å². The second kappa shape index (κ2) is 10.2. The summed E-state index contributed by atoms with van der Waals surface area (Å²) >= 11 is 0. The molecule has 0 amide bonds. The van der Waals surface area contributed by atoms with Gasteiger partial charge in [-0.2, -0.15) is 0 Å². The second-order valence-electron chi connectivity index (χ2n) is 11.3. The van der Waals surface area contributed by atoms with Crippen LogP contribution >= 0.6 is 0 Å². The Morgan fingerprint density at radius 3 is 2.55 bits per heavy atom. The zero-order chi connectivity index (χ0) is 21.8. The number of fused-ring (bicyclic) bond motifs is 5. The van der Waals surface area contributed by atoms with Crippen LogP contribution in [0.2, 0.25) is 0 Å². The van der Waals surface area contributed by atoms with Gasteiger partial charge in [-0.25, -0.2) is 0 Å². The summed E-state index contributed by atoms with van der Waals surface area (Å²) in [4.78, 5) is 24.5. The van der Waals surface area contributed by atoms with Crippen molar-refractivity contribution in [2.24, 2.45) is 29.1 Å². The molecule has 0 heterocycles. The maximum Gasteiger partial charge on any atom is 0.306 e. The number of unbranched alkanes of at least 4 members (excludes halogenated alkanes) is 6. The van der Waals surface area contributed by atoms with Crippen LogP contribution in [0.3, 0.4) is 0 Å². The van der Waals surface area contributed by atoms with Crippen LogP contribution in [-0.4, -0.2) is 17.9 Å². The summed E-state index contributed by atoms with van der Waals surface area (Å²) in [5.41, 5.74) is 1.62. The van der Waals surface area contributed by atoms with Gasteiger partial charge in [0.25, 0.3) is 0 Å². The lowest BCUT2D eigenvalue weighted by Gasteiger charge is -2.53. The van der Waals surface area contributed by atoms with E-state index in [1.54, 1.807) is 0 Å². The second-order valence-corrected chi connectivity index (χ2v) is 11.3. The fraction of sp³-hybridized carbons (Fsp3) is 0.857. The molecule has 3 saturated carbocycles. The minimum atomic E-state index is 0.0437. The number of ketones is 1. The minimum absolute atomic E-state index is 0.0437. The molecular weight excluding hydrogens is 384 g/mol. The van der Waals surface area contributed by atoms with Crippen molar-refractivity contribution >= 4 is 11.8 Å². The van der Waals surface area contributed by atoms with E-state index in [1.165, 1.54) is 63.4 Å². The highest BCUT2D eigenvalue weighted by Gasteiger charge is 2.57. The van der Waals surface area contributed by atoms with Crippen LogP contribution in [0.5, 0.6) is 0 Å². The van der Waals surface area contributed by atoms with Gasteiger partial charge in [-0.15, -0.1) is 0 Å². The van der Waals surface area contributed by atoms with Crippen LogP contribution in [0.1, 0.15) is 117 Å². The van der Waals surface area contributed by atoms with Crippen molar-refractivity contribution in [3.63, 3.8) is 0 Å². The monoisotopic (exact) mass is 428 g/mol. The van der Waals surface area contributed by atoms with Crippen molar-refractivity contribution in [3.05, 3.63) is 11.6 Å². The Kier molecular flexibility index (Phi) is 7.60. The number of hydrogen-bond donors (Lipinski definition) is 0. The van der Waals surface area contributed by atoms with E-state index in [2.05, 4.69) is 13.8 Å². The average molecular weight is 429 g/mol. The predicted molar refractivity (Wildman–Crippen MR) is 125 cm³/mol. The molecule has 0 spiro atoms. The van der Waals surface area contributed by atoms with Crippen LogP contribution in [0.15, 0.2) is 11.6 Å². The van der Waals surface area contributed by atoms with Gasteiger partial charge in [0.15, 0.2) is 5.78 Å². The SMILES string of the molecule is CCCCCCCCCC(=O)O[C@H]1CC[C@H]2[C@@H]3CCC4=CC(=O)CC[C@@H]4[C@@H]3CC[C@]12C. The molecule has 0 aromatic heterocycles. The van der Waals surface area contributed by atoms with E-state index in [4.69, 9.17) is 4.74 Å². The van der Waals surface area contributed by atoms with E-state index in [0.29, 0.717) is 24.0 Å². The lowest BCUT2D eigenvalue weighted by atomic mass is 9.52. The number of carbonyl (C=O) groups is 2. The number of esters is 1. The fourth-order valence-corrected chi connectivity index (χ4v) is 7.77. The van der Waals surface area contributed by atoms with Crippen LogP contribution in [-0.2, 0) is 14.3 Å². The molecule has 174 valence electrons. The van der Waals surface area contributed by atoms with Crippen molar-refractivity contribution in [2.45, 2.75) is 123 Å². The van der Waals surface area contributed by atoms with E-state index in [1.807, 2.05) is 6.08 Å². The normalized spacial score (nSPS) is 36.9. The summed E-state index contributed by atoms with van der Waals surface area (Å²) in [6.07, 6.45) is 20.3. The van der Waals surface area contributed by atoms with Gasteiger partial charge in [0, 0.05) is 18.3 Å². The summed E-state index contributed by atoms with van der Waals surface area (Å²) in [6, 6.07) is 0. The van der Waals surface area contributed by atoms with Crippen molar-refractivity contribution in [2.75, 3.05) is 0 Å². The van der Waals surface area contributed by atoms with Crippen molar-refractivity contribution in [1.29, 1.82) is 0 Å². The first-order valence-electron chi connectivity index (χ1n) is 13.5. The highest BCUT2D eigenvalue weighted by Crippen LogP contribution is 2.62. The maximum absolute atomic E-state index is 12.6. The van der Waals surface area contributed by atoms with Gasteiger partial charge in [0.2, 0.25) is 0 Å². The number of rotatable bonds is 9. The Bertz CT molecular complexity index is 680. The molecule has 0 saturated heterocycles. The van der Waals surface area contributed by atoms with Gasteiger partial charge in [-0.05, 0) is 81.1 Å². The summed E-state index contributed by atoms with van der Waals surface area (Å²) < 4.78 is 6.13. The largest absolute Gasteiger partial charge is 0.462 e. The molecule has 3 heteroatoms. The van der Waals surface area contributed by atoms with Crippen molar-refractivity contribution in [3.8, 4) is 0 Å². The molecule has 4 aliphatic rings. The fourth-order valence-electron chi connectivity index (χ4n) is 7.77. The Morgan fingerprint density at radius 2 is 1.74 bits per heavy atom. The van der Waals surface area contributed by atoms with E-state index < -0.39 is 0 Å². The Hall–Kier alpha value is -1.12. The summed E-state index contributed by atoms with van der Waals surface area (Å²) in [6.45, 7) is 4.67. The molecule has 0 aromatic carbocycles. The van der Waals surface area contributed by atoms with Gasteiger partial charge in [0.1, 0.15) is 6.10 Å². The smallest absolute Gasteiger partial charge is 0.306 e. The molecule has 0 N–H and O–H groups in total. The van der Waals surface area contributed by atoms with E-state index in [9.17, 15) is 9.59 Å². The molecule has 0 aliphatic heterocycles. The molecule has 3 nitrogen and oxygen atoms in total. The third kappa shape index (κ3) is 4.96. The van der Waals surface area contributed by atoms with E-state index >= 15 is 0 Å². The van der Waals surface area contributed by atoms with E-state index in [-0.39, 0.29) is 17.5 Å². The zero-order valence-corrected chi connectivity index (χ0v) is 20.0. The topological polar surface area (TPSA) is 43.4 Å². The van der Waals surface area contributed by atoms with Gasteiger partial charge >= 0.3 is 5.97 Å². The van der Waals surface area contributed by atoms with Crippen LogP contribution in [0, 0.1) is 29.1 Å². The third-order valence-electron chi connectivity index (χ3n) is 9.47. The summed E-state index contributed by atoms with van der Waals surface area (Å²) in [7, 11) is 0. The third-order valence-corrected chi connectivity index (χ3v) is 9.47. The maximum atomic E-state index is 12.6. The molecular formula is C28H44O3. The van der Waals surface area contributed by atoms with Crippen LogP contribution < -0.4 is 0 Å². The number of carbonyl (C=O) groups excluding carboxylic acids is 2. The standard InChI is InChI=1S/C28H44O3/c1-3-4-5-6-7-8-9-10-27(30)31-26-16-15-25-24-13-11-20-19-21(29)12-14-22(20)23(24)17-18-28(25,26)2/h19,22-26H,3-18H2,1-2H3/t22-,23-,24+,25-,26-,28-/m0/s1. The lowest BCUT2D eigenvalue weighted by Crippen LogP contribution is -2.48. The van der Waals surface area contributed by atoms with Gasteiger partial charge in [-0.3, -0.25) is 9.59 Å². The number of allylic oxidation sites excluding steroid dienone is 1. The molecule has 0 aromatic rings. The van der Waals surface area contributed by atoms with Crippen molar-refractivity contribution < 1.29 is 14.3 Å². The molecule has 6 atom stereocenters. The van der Waals surface area contributed by atoms with E-state index in [0.717, 1.165) is 50.4 Å². The van der Waals surface area contributed by atoms with Gasteiger partial charge in [-0.1, -0.05) is 57.9 Å². The quantitative estimate of drug-likeness (QED) is 0.288. The molecule has 0 radical (unpaired) electrons. The first-order valence-corrected chi connectivity index (χ1v) is 13.5. The highest BCUT2D eigenvalue weighted by molar-refractivity contribution is 5.91. The van der Waals surface area contributed by atoms with Gasteiger partial charge < -0.3 is 4.74 Å². The average Bonchev–Trinajstić information content (AvgIpc) is 3.09. The molecule has 0 bridgehead atoms. The predicted octanol–water partition coefficient (Wildman–Crippen LogP) is 7.18. The molecule has 31 heavy (non-hydrogen) atoms. The molecule has 4 rings (SSSR count). The molecule has 4 aliphatic carbocycles. The molecule has 0 unspecified atom stereocenters. The number of ether oxygens (including phenoxy) is 1. The summed E-state index contributed by atoms with van der Waals surface area (Å²) in [5, 5.41) is 0. The summed E-state index contributed by atoms with van der Waals surface area (Å²) in [5.74, 6) is 3.26. The van der Waals surface area contributed by atoms with Crippen LogP contribution in [0.25, 0.3) is 0 Å². The first kappa shape index (κ1) is 23.1. The van der Waals surface area contributed by atoms with Crippen LogP contribution in [0.4, 0.5) is 0 Å². The highest BCUT2D eigenvalue weighted by atomic mass is 16.5.